The molecule has 0 aromatic heterocycles. The Morgan fingerprint density at radius 2 is 2.09 bits per heavy atom. The van der Waals surface area contributed by atoms with Crippen molar-refractivity contribution < 1.29 is 0 Å². The van der Waals surface area contributed by atoms with Crippen molar-refractivity contribution in [3.63, 3.8) is 0 Å². The molecule has 11 heavy (non-hydrogen) atoms. The van der Waals surface area contributed by atoms with Crippen molar-refractivity contribution in [1.29, 1.82) is 0 Å². The van der Waals surface area contributed by atoms with E-state index in [1.165, 1.54) is 12.0 Å². The Kier molecular flexibility index (Phi) is 5.10. The average molecular weight is 284 g/mol. The fourth-order valence-corrected chi connectivity index (χ4v) is 3.25. The van der Waals surface area contributed by atoms with E-state index in [1.54, 1.807) is 0 Å². The summed E-state index contributed by atoms with van der Waals surface area (Å²) in [5.41, 5.74) is 1.28. The fraction of sp³-hybridized carbons (Fsp3) is 0.778. The van der Waals surface area contributed by atoms with Crippen LogP contribution >= 0.6 is 30.1 Å². The van der Waals surface area contributed by atoms with E-state index in [2.05, 4.69) is 55.5 Å². The van der Waals surface area contributed by atoms with Gasteiger partial charge in [0, 0.05) is 4.75 Å². The van der Waals surface area contributed by atoms with Gasteiger partial charge in [-0.3, -0.25) is 0 Å². The quantitative estimate of drug-likeness (QED) is 0.543. The van der Waals surface area contributed by atoms with Crippen LogP contribution in [0.3, 0.4) is 0 Å². The monoisotopic (exact) mass is 284 g/mol. The molecule has 0 radical (unpaired) electrons. The lowest BCUT2D eigenvalue weighted by molar-refractivity contribution is 0.520. The molecule has 0 spiro atoms. The molecule has 0 fully saturated rings. The molecule has 0 aliphatic heterocycles. The predicted octanol–water partition coefficient (Wildman–Crippen LogP) is 4.45. The Hall–Kier alpha value is 0.820. The molecule has 2 heteroatoms. The molecule has 1 unspecified atom stereocenters. The largest absolute Gasteiger partial charge is 0.0987 e. The Bertz CT molecular complexity index is 142. The minimum atomic E-state index is 0.273. The molecule has 0 rings (SSSR count). The van der Waals surface area contributed by atoms with Crippen molar-refractivity contribution in [1.82, 2.24) is 0 Å². The van der Waals surface area contributed by atoms with E-state index in [9.17, 15) is 0 Å². The van der Waals surface area contributed by atoms with Crippen LogP contribution < -0.4 is 0 Å². The highest BCUT2D eigenvalue weighted by molar-refractivity contribution is 14.2. The number of halogens is 1. The van der Waals surface area contributed by atoms with Crippen LogP contribution in [0.1, 0.15) is 34.1 Å². The first kappa shape index (κ1) is 11.8. The summed E-state index contributed by atoms with van der Waals surface area (Å²) in [6.45, 7) is 12.9. The Morgan fingerprint density at radius 1 is 1.64 bits per heavy atom. The van der Waals surface area contributed by atoms with Gasteiger partial charge in [0.15, 0.2) is 0 Å². The fourth-order valence-electron chi connectivity index (χ4n) is 1.05. The van der Waals surface area contributed by atoms with E-state index in [0.717, 1.165) is 5.92 Å². The molecule has 0 bridgehead atoms. The first-order chi connectivity index (χ1) is 4.92. The maximum atomic E-state index is 4.03. The molecule has 1 atom stereocenters. The highest BCUT2D eigenvalue weighted by Crippen LogP contribution is 2.41. The highest BCUT2D eigenvalue weighted by atomic mass is 127. The molecule has 0 aliphatic carbocycles. The lowest BCUT2D eigenvalue weighted by atomic mass is 9.92. The minimum absolute atomic E-state index is 0.273. The highest BCUT2D eigenvalue weighted by Gasteiger charge is 2.25. The van der Waals surface area contributed by atoms with Crippen molar-refractivity contribution >= 4 is 30.1 Å². The zero-order chi connectivity index (χ0) is 9.07. The van der Waals surface area contributed by atoms with Crippen LogP contribution in [0.25, 0.3) is 0 Å². The van der Waals surface area contributed by atoms with Gasteiger partial charge in [-0.25, -0.2) is 0 Å². The van der Waals surface area contributed by atoms with E-state index in [0.29, 0.717) is 0 Å². The standard InChI is InChI=1S/C9H17IS/c1-7(2)6-9(5,11-10)8(3)4/h7H,3,6H2,1-2,4-5H3. The smallest absolute Gasteiger partial charge is 0.0437 e. The summed E-state index contributed by atoms with van der Waals surface area (Å²) < 4.78 is 0.273. The summed E-state index contributed by atoms with van der Waals surface area (Å²) in [4.78, 5) is 0. The van der Waals surface area contributed by atoms with Crippen LogP contribution in [0.2, 0.25) is 0 Å². The zero-order valence-electron chi connectivity index (χ0n) is 7.78. The first-order valence-corrected chi connectivity index (χ1v) is 7.24. The summed E-state index contributed by atoms with van der Waals surface area (Å²) in [5, 5.41) is 0. The van der Waals surface area contributed by atoms with Gasteiger partial charge in [0.25, 0.3) is 0 Å². The van der Waals surface area contributed by atoms with Crippen LogP contribution in [0.5, 0.6) is 0 Å². The molecule has 0 saturated carbocycles. The summed E-state index contributed by atoms with van der Waals surface area (Å²) >= 11 is 2.37. The Balaban J connectivity index is 4.22. The molecule has 0 N–H and O–H groups in total. The summed E-state index contributed by atoms with van der Waals surface area (Å²) in [5.74, 6) is 0.749. The molecule has 0 amide bonds. The third kappa shape index (κ3) is 3.83. The van der Waals surface area contributed by atoms with Crippen LogP contribution in [0, 0.1) is 5.92 Å². The predicted molar refractivity (Wildman–Crippen MR) is 64.3 cm³/mol. The van der Waals surface area contributed by atoms with Crippen molar-refractivity contribution in [2.75, 3.05) is 0 Å². The topological polar surface area (TPSA) is 0 Å². The summed E-state index contributed by atoms with van der Waals surface area (Å²) in [7, 11) is 1.88. The van der Waals surface area contributed by atoms with Crippen LogP contribution in [-0.2, 0) is 0 Å². The first-order valence-electron chi connectivity index (χ1n) is 3.88. The molecule has 0 saturated heterocycles. The van der Waals surface area contributed by atoms with Gasteiger partial charge >= 0.3 is 0 Å². The normalized spacial score (nSPS) is 16.5. The molecular formula is C9H17IS. The average Bonchev–Trinajstić information content (AvgIpc) is 1.86. The van der Waals surface area contributed by atoms with Gasteiger partial charge in [-0.05, 0) is 47.4 Å². The van der Waals surface area contributed by atoms with Gasteiger partial charge in [-0.15, -0.1) is 0 Å². The van der Waals surface area contributed by atoms with Gasteiger partial charge in [0.1, 0.15) is 0 Å². The maximum Gasteiger partial charge on any atom is 0.0437 e. The second-order valence-corrected chi connectivity index (χ2v) is 6.06. The number of hydrogen-bond acceptors (Lipinski definition) is 1. The number of hydrogen-bond donors (Lipinski definition) is 0. The molecule has 0 heterocycles. The van der Waals surface area contributed by atoms with Gasteiger partial charge in [-0.1, -0.05) is 34.9 Å². The zero-order valence-corrected chi connectivity index (χ0v) is 10.8. The van der Waals surface area contributed by atoms with Crippen molar-refractivity contribution in [3.8, 4) is 0 Å². The molecular weight excluding hydrogens is 267 g/mol. The molecule has 0 aromatic rings. The van der Waals surface area contributed by atoms with Gasteiger partial charge in [0.2, 0.25) is 0 Å². The second kappa shape index (κ2) is 4.75. The second-order valence-electron chi connectivity index (χ2n) is 3.69. The third-order valence-corrected chi connectivity index (χ3v) is 5.64. The van der Waals surface area contributed by atoms with E-state index < -0.39 is 0 Å². The molecule has 66 valence electrons. The molecule has 0 nitrogen and oxygen atoms in total. The number of rotatable bonds is 4. The van der Waals surface area contributed by atoms with Crippen LogP contribution in [0.15, 0.2) is 12.2 Å². The van der Waals surface area contributed by atoms with Crippen LogP contribution in [0.4, 0.5) is 0 Å². The van der Waals surface area contributed by atoms with Crippen molar-refractivity contribution in [3.05, 3.63) is 12.2 Å². The minimum Gasteiger partial charge on any atom is -0.0987 e. The van der Waals surface area contributed by atoms with E-state index in [1.807, 2.05) is 8.93 Å². The summed E-state index contributed by atoms with van der Waals surface area (Å²) in [6.07, 6.45) is 1.22. The van der Waals surface area contributed by atoms with Gasteiger partial charge in [-0.2, -0.15) is 0 Å². The van der Waals surface area contributed by atoms with Crippen molar-refractivity contribution in [2.24, 2.45) is 5.92 Å². The van der Waals surface area contributed by atoms with Gasteiger partial charge in [0.05, 0.1) is 0 Å². The van der Waals surface area contributed by atoms with Gasteiger partial charge < -0.3 is 0 Å². The molecule has 0 aromatic carbocycles. The Morgan fingerprint density at radius 3 is 2.18 bits per heavy atom. The van der Waals surface area contributed by atoms with Crippen LogP contribution in [-0.4, -0.2) is 4.75 Å². The van der Waals surface area contributed by atoms with E-state index >= 15 is 0 Å². The third-order valence-electron chi connectivity index (χ3n) is 1.87. The SMILES string of the molecule is C=C(C)C(C)(CC(C)C)SI. The van der Waals surface area contributed by atoms with E-state index in [4.69, 9.17) is 0 Å². The molecule has 0 aliphatic rings. The Labute approximate surface area is 86.8 Å². The summed E-state index contributed by atoms with van der Waals surface area (Å²) in [6, 6.07) is 0. The lowest BCUT2D eigenvalue weighted by Crippen LogP contribution is -2.21. The lowest BCUT2D eigenvalue weighted by Gasteiger charge is -2.28. The maximum absolute atomic E-state index is 4.03. The van der Waals surface area contributed by atoms with E-state index in [-0.39, 0.29) is 4.75 Å². The van der Waals surface area contributed by atoms with Crippen molar-refractivity contribution in [2.45, 2.75) is 38.9 Å².